The van der Waals surface area contributed by atoms with Gasteiger partial charge >= 0.3 is 57.0 Å². The highest BCUT2D eigenvalue weighted by atomic mass is 35.5. The lowest BCUT2D eigenvalue weighted by molar-refractivity contribution is -0.135. The van der Waals surface area contributed by atoms with Gasteiger partial charge < -0.3 is 47.4 Å². The number of carbonyl (C=O) groups is 10. The molecule has 69 heavy (non-hydrogen) atoms. The van der Waals surface area contributed by atoms with E-state index >= 15 is 0 Å². The summed E-state index contributed by atoms with van der Waals surface area (Å²) in [6.45, 7) is 52.0. The van der Waals surface area contributed by atoms with Gasteiger partial charge in [0.05, 0.1) is 77.2 Å². The third-order valence-electron chi connectivity index (χ3n) is 2.69. The Kier molecular flexibility index (Phi) is 217. The molecule has 0 aliphatic carbocycles. The first-order valence-corrected chi connectivity index (χ1v) is 17.9. The van der Waals surface area contributed by atoms with Gasteiger partial charge in [-0.25, -0.2) is 47.9 Å². The summed E-state index contributed by atoms with van der Waals surface area (Å²) in [5.41, 5.74) is 0.653. The zero-order valence-electron chi connectivity index (χ0n) is 41.0. The van der Waals surface area contributed by atoms with Crippen LogP contribution in [-0.4, -0.2) is 128 Å². The molecule has 0 radical (unpaired) electrons. The number of ether oxygens (including phenoxy) is 10. The standard InChI is InChI=1S/C5H6O2.4C4H6O2.C3H4.5C2H3ClO2.5C2H4/c1-3-4-5(6)7-2;4*1-3-4(5)6-2;1-3-2;5*1-5-2(3)4;5*1-2/h4H,1H2,2H3;4*3H,1H2,2H3;1-2H2;5*1H3;5*1-2H2. The molecule has 0 aromatic carbocycles. The van der Waals surface area contributed by atoms with Crippen LogP contribution in [0.1, 0.15) is 0 Å². The van der Waals surface area contributed by atoms with E-state index in [1.165, 1.54) is 71.1 Å². The molecule has 0 atom stereocenters. The van der Waals surface area contributed by atoms with Gasteiger partial charge in [0.15, 0.2) is 0 Å². The Morgan fingerprint density at radius 3 is 0.420 bits per heavy atom. The maximum Gasteiger partial charge on any atom is 0.403 e. The largest absolute Gasteiger partial charge is 0.466 e. The van der Waals surface area contributed by atoms with Crippen LogP contribution in [0.25, 0.3) is 0 Å². The second-order valence-electron chi connectivity index (χ2n) is 6.24. The first-order valence-electron chi connectivity index (χ1n) is 16.0. The molecule has 0 heterocycles. The van der Waals surface area contributed by atoms with E-state index in [0.717, 1.165) is 30.4 Å². The summed E-state index contributed by atoms with van der Waals surface area (Å²) in [5.74, 6) is -2.00. The van der Waals surface area contributed by atoms with Gasteiger partial charge in [-0.1, -0.05) is 46.1 Å². The van der Waals surface area contributed by atoms with Gasteiger partial charge in [0.25, 0.3) is 0 Å². The maximum absolute atomic E-state index is 10.0. The Morgan fingerprint density at radius 1 is 0.304 bits per heavy atom. The predicted molar refractivity (Wildman–Crippen MR) is 277 cm³/mol. The number of rotatable bonds is 5. The summed E-state index contributed by atoms with van der Waals surface area (Å²) < 4.78 is 40.1. The summed E-state index contributed by atoms with van der Waals surface area (Å²) in [6, 6.07) is 0. The van der Waals surface area contributed by atoms with Gasteiger partial charge in [-0.3, -0.25) is 0 Å². The molecular weight excluding hydrogens is 1030 g/mol. The SMILES string of the molecule is C=C.C=C.C=C.C=C.C=C.C=C=C.C=C=CC(=O)OC.C=CC(=O)OC.C=CC(=O)OC.C=CC(=O)OC.C=CC(=O)OC.COC(=O)Cl.COC(=O)Cl.COC(=O)Cl.COC(=O)Cl.COC(=O)Cl. The normalized spacial score (nSPS) is 5.90. The van der Waals surface area contributed by atoms with E-state index in [9.17, 15) is 47.9 Å². The van der Waals surface area contributed by atoms with Gasteiger partial charge in [0, 0.05) is 82.3 Å². The monoisotopic (exact) mass is 1090 g/mol. The molecule has 0 saturated heterocycles. The fourth-order valence-electron chi connectivity index (χ4n) is 0.476. The Morgan fingerprint density at radius 2 is 0.406 bits per heavy atom. The fraction of sp³-hybridized carbons (Fsp3) is 0.227. The molecule has 0 rings (SSSR count). The predicted octanol–water partition coefficient (Wildman–Crippen LogP) is 11.8. The van der Waals surface area contributed by atoms with Gasteiger partial charge in [-0.2, -0.15) is 0 Å². The van der Waals surface area contributed by atoms with Crippen molar-refractivity contribution in [2.75, 3.05) is 71.1 Å². The molecule has 0 spiro atoms. The minimum Gasteiger partial charge on any atom is -0.466 e. The van der Waals surface area contributed by atoms with E-state index in [2.05, 4.69) is 229 Å². The molecule has 0 aromatic rings. The van der Waals surface area contributed by atoms with E-state index < -0.39 is 57.0 Å². The minimum atomic E-state index is -0.773. The molecule has 0 aliphatic rings. The minimum absolute atomic E-state index is 0.394. The average molecular weight is 1100 g/mol. The fourth-order valence-corrected chi connectivity index (χ4v) is 0.476. The first-order chi connectivity index (χ1) is 32.3. The molecule has 25 heteroatoms. The Bertz CT molecular complexity index is 1190. The van der Waals surface area contributed by atoms with E-state index in [1.807, 2.05) is 0 Å². The summed E-state index contributed by atoms with van der Waals surface area (Å²) in [7, 11) is 12.6. The van der Waals surface area contributed by atoms with Crippen LogP contribution in [0.4, 0.5) is 24.0 Å². The van der Waals surface area contributed by atoms with E-state index in [1.54, 1.807) is 0 Å². The lowest BCUT2D eigenvalue weighted by atomic mass is 10.6. The maximum atomic E-state index is 10.0. The van der Waals surface area contributed by atoms with Gasteiger partial charge in [0.2, 0.25) is 0 Å². The van der Waals surface area contributed by atoms with Crippen molar-refractivity contribution in [1.82, 2.24) is 0 Å². The highest BCUT2D eigenvalue weighted by molar-refractivity contribution is 6.62. The molecule has 0 aromatic heterocycles. The van der Waals surface area contributed by atoms with Gasteiger partial charge in [0.1, 0.15) is 0 Å². The topological polar surface area (TPSA) is 263 Å². The number of hydrogen-bond acceptors (Lipinski definition) is 20. The molecule has 0 aliphatic heterocycles. The van der Waals surface area contributed by atoms with Crippen LogP contribution in [0.2, 0.25) is 0 Å². The van der Waals surface area contributed by atoms with E-state index in [4.69, 9.17) is 0 Å². The lowest BCUT2D eigenvalue weighted by Gasteiger charge is -1.83. The van der Waals surface area contributed by atoms with Crippen molar-refractivity contribution in [3.63, 3.8) is 0 Å². The number of carbonyl (C=O) groups excluding carboxylic acids is 10. The van der Waals surface area contributed by atoms with Crippen molar-refractivity contribution in [1.29, 1.82) is 0 Å². The Balaban J connectivity index is -0.0000000315. The lowest BCUT2D eigenvalue weighted by Crippen LogP contribution is -1.91. The summed E-state index contributed by atoms with van der Waals surface area (Å²) in [6.07, 6.45) is 5.57. The smallest absolute Gasteiger partial charge is 0.403 e. The van der Waals surface area contributed by atoms with Crippen molar-refractivity contribution >= 4 is 115 Å². The van der Waals surface area contributed by atoms with Crippen LogP contribution in [0.3, 0.4) is 0 Å². The third-order valence-corrected chi connectivity index (χ3v) is 3.47. The van der Waals surface area contributed by atoms with Gasteiger partial charge in [-0.15, -0.1) is 77.3 Å². The van der Waals surface area contributed by atoms with Crippen LogP contribution >= 0.6 is 58.0 Å². The summed E-state index contributed by atoms with van der Waals surface area (Å²) >= 11 is 23.0. The van der Waals surface area contributed by atoms with Crippen LogP contribution in [0.5, 0.6) is 0 Å². The molecule has 0 bridgehead atoms. The molecule has 400 valence electrons. The van der Waals surface area contributed by atoms with Crippen molar-refractivity contribution in [3.8, 4) is 0 Å². The zero-order chi connectivity index (χ0) is 59.8. The average Bonchev–Trinajstić information content (AvgIpc) is 3.39. The van der Waals surface area contributed by atoms with Crippen molar-refractivity contribution in [2.24, 2.45) is 0 Å². The second-order valence-corrected chi connectivity index (χ2v) is 7.78. The Hall–Kier alpha value is -7.15. The number of halogens is 5. The van der Waals surface area contributed by atoms with Crippen molar-refractivity contribution < 1.29 is 95.3 Å². The number of methoxy groups -OCH3 is 10. The molecular formula is C44H69Cl5O20. The van der Waals surface area contributed by atoms with Crippen LogP contribution in [0, 0.1) is 0 Å². The van der Waals surface area contributed by atoms with Crippen molar-refractivity contribution in [3.05, 3.63) is 154 Å². The highest BCUT2D eigenvalue weighted by Crippen LogP contribution is 1.80. The molecule has 0 unspecified atom stereocenters. The first kappa shape index (κ1) is 109. The third kappa shape index (κ3) is 370. The quantitative estimate of drug-likeness (QED) is 0.0618. The highest BCUT2D eigenvalue weighted by Gasteiger charge is 1.86. The summed E-state index contributed by atoms with van der Waals surface area (Å²) in [4.78, 5) is 96.2. The number of esters is 5. The molecule has 0 fully saturated rings. The van der Waals surface area contributed by atoms with Crippen LogP contribution in [-0.2, 0) is 71.3 Å². The van der Waals surface area contributed by atoms with Crippen molar-refractivity contribution in [2.45, 2.75) is 0 Å². The molecule has 20 nitrogen and oxygen atoms in total. The van der Waals surface area contributed by atoms with E-state index in [0.29, 0.717) is 0 Å². The van der Waals surface area contributed by atoms with E-state index in [-0.39, 0.29) is 0 Å². The van der Waals surface area contributed by atoms with Gasteiger partial charge in [-0.05, 0) is 0 Å². The van der Waals surface area contributed by atoms with Crippen LogP contribution < -0.4 is 0 Å². The summed E-state index contributed by atoms with van der Waals surface area (Å²) in [5, 5.41) is 0. The second kappa shape index (κ2) is 137. The Labute approximate surface area is 433 Å². The molecule has 0 amide bonds. The number of hydrogen-bond donors (Lipinski definition) is 0. The zero-order valence-corrected chi connectivity index (χ0v) is 44.7. The molecule has 0 N–H and O–H groups in total. The molecule has 0 saturated carbocycles. The van der Waals surface area contributed by atoms with Crippen LogP contribution in [0.15, 0.2) is 154 Å².